The molecule has 1 aromatic carbocycles. The lowest BCUT2D eigenvalue weighted by Crippen LogP contribution is -2.55. The van der Waals surface area contributed by atoms with Gasteiger partial charge in [0, 0.05) is 6.04 Å². The molecule has 3 amide bonds. The topological polar surface area (TPSA) is 114 Å². The van der Waals surface area contributed by atoms with Gasteiger partial charge in [0.15, 0.2) is 0 Å². The maximum absolute atomic E-state index is 13.8. The molecule has 1 aliphatic rings. The predicted octanol–water partition coefficient (Wildman–Crippen LogP) is 2.87. The molecular weight excluding hydrogens is 438 g/mol. The van der Waals surface area contributed by atoms with Crippen molar-refractivity contribution in [3.8, 4) is 0 Å². The van der Waals surface area contributed by atoms with Crippen LogP contribution in [0.25, 0.3) is 0 Å². The molecule has 0 aromatic heterocycles. The van der Waals surface area contributed by atoms with Crippen LogP contribution in [-0.2, 0) is 23.9 Å². The third-order valence-electron chi connectivity index (χ3n) is 5.32. The second-order valence-electron chi connectivity index (χ2n) is 9.96. The second-order valence-corrected chi connectivity index (χ2v) is 9.96. The van der Waals surface area contributed by atoms with E-state index in [0.717, 1.165) is 18.4 Å². The molecule has 9 heteroatoms. The molecule has 9 nitrogen and oxygen atoms in total. The van der Waals surface area contributed by atoms with Gasteiger partial charge in [0.25, 0.3) is 0 Å². The molecule has 0 heterocycles. The standard InChI is InChI=1S/C25H37N3O6/c1-15(2)20(27-24(32)34-25(4,5)6)23(31)28(18-11-12-18)21(17-10-8-9-16(3)13-17)22(30)26-14-19(29)33-7/h8-10,13,15,18,20-21H,11-12,14H2,1-7H3,(H,26,30)(H,27,32). The van der Waals surface area contributed by atoms with Crippen molar-refractivity contribution in [1.82, 2.24) is 15.5 Å². The highest BCUT2D eigenvalue weighted by atomic mass is 16.6. The smallest absolute Gasteiger partial charge is 0.408 e. The summed E-state index contributed by atoms with van der Waals surface area (Å²) < 4.78 is 9.99. The molecule has 1 aromatic rings. The molecule has 2 atom stereocenters. The maximum Gasteiger partial charge on any atom is 0.408 e. The van der Waals surface area contributed by atoms with E-state index in [1.807, 2.05) is 39.0 Å². The fourth-order valence-corrected chi connectivity index (χ4v) is 3.59. The fourth-order valence-electron chi connectivity index (χ4n) is 3.59. The van der Waals surface area contributed by atoms with E-state index in [9.17, 15) is 19.2 Å². The third-order valence-corrected chi connectivity index (χ3v) is 5.32. The van der Waals surface area contributed by atoms with Gasteiger partial charge in [-0.05, 0) is 52.0 Å². The number of amides is 3. The van der Waals surface area contributed by atoms with Gasteiger partial charge in [0.2, 0.25) is 11.8 Å². The van der Waals surface area contributed by atoms with Gasteiger partial charge in [0.05, 0.1) is 7.11 Å². The summed E-state index contributed by atoms with van der Waals surface area (Å²) in [5.74, 6) is -1.70. The largest absolute Gasteiger partial charge is 0.468 e. The molecule has 0 aliphatic heterocycles. The minimum absolute atomic E-state index is 0.149. The first-order valence-corrected chi connectivity index (χ1v) is 11.6. The van der Waals surface area contributed by atoms with E-state index in [1.165, 1.54) is 7.11 Å². The van der Waals surface area contributed by atoms with E-state index in [-0.39, 0.29) is 24.4 Å². The summed E-state index contributed by atoms with van der Waals surface area (Å²) in [6.07, 6.45) is 0.795. The first kappa shape index (κ1) is 27.1. The number of hydrogen-bond acceptors (Lipinski definition) is 6. The lowest BCUT2D eigenvalue weighted by molar-refractivity contribution is -0.145. The van der Waals surface area contributed by atoms with Gasteiger partial charge < -0.3 is 25.0 Å². The van der Waals surface area contributed by atoms with E-state index in [0.29, 0.717) is 5.56 Å². The van der Waals surface area contributed by atoms with Crippen LogP contribution in [0.15, 0.2) is 24.3 Å². The van der Waals surface area contributed by atoms with Crippen molar-refractivity contribution in [3.05, 3.63) is 35.4 Å². The van der Waals surface area contributed by atoms with Crippen molar-refractivity contribution >= 4 is 23.9 Å². The summed E-state index contributed by atoms with van der Waals surface area (Å²) in [4.78, 5) is 52.8. The van der Waals surface area contributed by atoms with E-state index >= 15 is 0 Å². The first-order valence-electron chi connectivity index (χ1n) is 11.6. The molecule has 0 bridgehead atoms. The maximum atomic E-state index is 13.8. The number of hydrogen-bond donors (Lipinski definition) is 2. The minimum Gasteiger partial charge on any atom is -0.468 e. The lowest BCUT2D eigenvalue weighted by Gasteiger charge is -2.35. The summed E-state index contributed by atoms with van der Waals surface area (Å²) in [5, 5.41) is 5.28. The van der Waals surface area contributed by atoms with Gasteiger partial charge in [0.1, 0.15) is 24.2 Å². The van der Waals surface area contributed by atoms with Crippen molar-refractivity contribution in [3.63, 3.8) is 0 Å². The van der Waals surface area contributed by atoms with E-state index in [4.69, 9.17) is 4.74 Å². The predicted molar refractivity (Wildman–Crippen MR) is 127 cm³/mol. The number of benzene rings is 1. The number of methoxy groups -OCH3 is 1. The zero-order valence-electron chi connectivity index (χ0n) is 21.1. The molecule has 1 fully saturated rings. The Morgan fingerprint density at radius 2 is 1.79 bits per heavy atom. The van der Waals surface area contributed by atoms with Gasteiger partial charge in [-0.25, -0.2) is 4.79 Å². The van der Waals surface area contributed by atoms with Gasteiger partial charge >= 0.3 is 12.1 Å². The molecular formula is C25H37N3O6. The Labute approximate surface area is 201 Å². The van der Waals surface area contributed by atoms with Gasteiger partial charge in [-0.2, -0.15) is 0 Å². The highest BCUT2D eigenvalue weighted by Gasteiger charge is 2.44. The normalized spacial score (nSPS) is 15.2. The molecule has 0 spiro atoms. The Hall–Kier alpha value is -3.10. The third kappa shape index (κ3) is 7.74. The number of ether oxygens (including phenoxy) is 2. The number of carbonyl (C=O) groups is 4. The number of esters is 1. The summed E-state index contributed by atoms with van der Waals surface area (Å²) in [5.41, 5.74) is 0.837. The van der Waals surface area contributed by atoms with E-state index in [2.05, 4.69) is 15.4 Å². The molecule has 1 aliphatic carbocycles. The summed E-state index contributed by atoms with van der Waals surface area (Å²) in [6, 6.07) is 5.34. The van der Waals surface area contributed by atoms with Gasteiger partial charge in [-0.1, -0.05) is 43.7 Å². The fraction of sp³-hybridized carbons (Fsp3) is 0.600. The molecule has 2 rings (SSSR count). The first-order chi connectivity index (χ1) is 15.8. The minimum atomic E-state index is -0.966. The van der Waals surface area contributed by atoms with Crippen LogP contribution in [0.4, 0.5) is 4.79 Å². The van der Waals surface area contributed by atoms with Crippen LogP contribution in [0.5, 0.6) is 0 Å². The van der Waals surface area contributed by atoms with Crippen LogP contribution in [0.2, 0.25) is 0 Å². The highest BCUT2D eigenvalue weighted by molar-refractivity contribution is 5.93. The molecule has 0 saturated heterocycles. The van der Waals surface area contributed by atoms with Gasteiger partial charge in [-0.15, -0.1) is 0 Å². The van der Waals surface area contributed by atoms with Crippen molar-refractivity contribution in [2.45, 2.75) is 78.1 Å². The summed E-state index contributed by atoms with van der Waals surface area (Å²) in [7, 11) is 1.24. The Bertz CT molecular complexity index is 904. The Balaban J connectivity index is 2.41. The monoisotopic (exact) mass is 475 g/mol. The molecule has 1 saturated carbocycles. The van der Waals surface area contributed by atoms with Crippen molar-refractivity contribution in [1.29, 1.82) is 0 Å². The number of nitrogens with zero attached hydrogens (tertiary/aromatic N) is 1. The van der Waals surface area contributed by atoms with Crippen molar-refractivity contribution < 1.29 is 28.7 Å². The number of aryl methyl sites for hydroxylation is 1. The van der Waals surface area contributed by atoms with Crippen molar-refractivity contribution in [2.24, 2.45) is 5.92 Å². The number of nitrogens with one attached hydrogen (secondary N) is 2. The summed E-state index contributed by atoms with van der Waals surface area (Å²) >= 11 is 0. The van der Waals surface area contributed by atoms with E-state index < -0.39 is 35.7 Å². The Morgan fingerprint density at radius 1 is 1.15 bits per heavy atom. The molecule has 2 unspecified atom stereocenters. The zero-order valence-corrected chi connectivity index (χ0v) is 21.1. The second kappa shape index (κ2) is 11.4. The number of rotatable bonds is 9. The lowest BCUT2D eigenvalue weighted by atomic mass is 9.97. The SMILES string of the molecule is COC(=O)CNC(=O)C(c1cccc(C)c1)N(C(=O)C(NC(=O)OC(C)(C)C)C(C)C)C1CC1. The molecule has 0 radical (unpaired) electrons. The average Bonchev–Trinajstić information content (AvgIpc) is 3.56. The van der Waals surface area contributed by atoms with Crippen LogP contribution < -0.4 is 10.6 Å². The quantitative estimate of drug-likeness (QED) is 0.531. The summed E-state index contributed by atoms with van der Waals surface area (Å²) in [6.45, 7) is 10.5. The molecule has 34 heavy (non-hydrogen) atoms. The number of alkyl carbamates (subject to hydrolysis) is 1. The van der Waals surface area contributed by atoms with Gasteiger partial charge in [-0.3, -0.25) is 14.4 Å². The molecule has 2 N–H and O–H groups in total. The van der Waals surface area contributed by atoms with Crippen LogP contribution in [0.3, 0.4) is 0 Å². The van der Waals surface area contributed by atoms with Crippen LogP contribution in [0, 0.1) is 12.8 Å². The Kier molecular flexibility index (Phi) is 9.06. The van der Waals surface area contributed by atoms with Crippen LogP contribution in [-0.4, -0.2) is 60.1 Å². The number of carbonyl (C=O) groups excluding carboxylic acids is 4. The van der Waals surface area contributed by atoms with Crippen molar-refractivity contribution in [2.75, 3.05) is 13.7 Å². The van der Waals surface area contributed by atoms with Crippen LogP contribution in [0.1, 0.15) is 64.6 Å². The Morgan fingerprint density at radius 3 is 2.29 bits per heavy atom. The van der Waals surface area contributed by atoms with Crippen LogP contribution >= 0.6 is 0 Å². The molecule has 188 valence electrons. The average molecular weight is 476 g/mol. The van der Waals surface area contributed by atoms with E-state index in [1.54, 1.807) is 31.7 Å². The highest BCUT2D eigenvalue weighted by Crippen LogP contribution is 2.36. The zero-order chi connectivity index (χ0) is 25.6.